The molecule has 3 N–H and O–H groups in total. The maximum Gasteiger partial charge on any atom is 0.315 e. The van der Waals surface area contributed by atoms with E-state index >= 15 is 0 Å². The van der Waals surface area contributed by atoms with E-state index in [9.17, 15) is 4.79 Å². The van der Waals surface area contributed by atoms with Gasteiger partial charge in [0.2, 0.25) is 0 Å². The highest BCUT2D eigenvalue weighted by Crippen LogP contribution is 2.22. The van der Waals surface area contributed by atoms with Gasteiger partial charge in [-0.3, -0.25) is 0 Å². The van der Waals surface area contributed by atoms with Gasteiger partial charge in [0, 0.05) is 12.6 Å². The molecule has 4 nitrogen and oxygen atoms in total. The zero-order valence-corrected chi connectivity index (χ0v) is 10.4. The first-order valence-electron chi connectivity index (χ1n) is 6.24. The van der Waals surface area contributed by atoms with E-state index in [1.54, 1.807) is 0 Å². The van der Waals surface area contributed by atoms with Crippen molar-refractivity contribution in [3.63, 3.8) is 0 Å². The second-order valence-electron chi connectivity index (χ2n) is 4.50. The number of carbonyl (C=O) groups excluding carboxylic acids is 1. The Kier molecular flexibility index (Phi) is 4.78. The maximum absolute atomic E-state index is 11.6. The summed E-state index contributed by atoms with van der Waals surface area (Å²) >= 11 is 1.86. The van der Waals surface area contributed by atoms with Gasteiger partial charge in [-0.25, -0.2) is 4.79 Å². The molecule has 0 radical (unpaired) electrons. The van der Waals surface area contributed by atoms with Crippen LogP contribution in [0, 0.1) is 0 Å². The Morgan fingerprint density at radius 3 is 2.94 bits per heavy atom. The predicted molar refractivity (Wildman–Crippen MR) is 67.7 cm³/mol. The summed E-state index contributed by atoms with van der Waals surface area (Å²) in [5, 5.41) is 9.67. The third-order valence-electron chi connectivity index (χ3n) is 3.14. The molecule has 2 heterocycles. The molecule has 2 unspecified atom stereocenters. The van der Waals surface area contributed by atoms with E-state index in [0.717, 1.165) is 19.5 Å². The Balaban J connectivity index is 1.59. The van der Waals surface area contributed by atoms with E-state index in [1.165, 1.54) is 31.4 Å². The molecule has 2 atom stereocenters. The van der Waals surface area contributed by atoms with Crippen LogP contribution in [0.5, 0.6) is 0 Å². The van der Waals surface area contributed by atoms with E-state index < -0.39 is 0 Å². The van der Waals surface area contributed by atoms with E-state index in [1.807, 2.05) is 11.8 Å². The van der Waals surface area contributed by atoms with Crippen LogP contribution in [-0.4, -0.2) is 36.3 Å². The average Bonchev–Trinajstić information content (AvgIpc) is 2.81. The highest BCUT2D eigenvalue weighted by Gasteiger charge is 2.18. The van der Waals surface area contributed by atoms with Gasteiger partial charge in [0.25, 0.3) is 0 Å². The summed E-state index contributed by atoms with van der Waals surface area (Å²) in [6.07, 6.45) is 6.04. The third kappa shape index (κ3) is 3.87. The summed E-state index contributed by atoms with van der Waals surface area (Å²) in [5.41, 5.74) is 0. The minimum Gasteiger partial charge on any atom is -0.337 e. The van der Waals surface area contributed by atoms with Gasteiger partial charge in [0.1, 0.15) is 0 Å². The van der Waals surface area contributed by atoms with Gasteiger partial charge in [0.15, 0.2) is 0 Å². The second-order valence-corrected chi connectivity index (χ2v) is 5.81. The molecule has 0 aromatic heterocycles. The van der Waals surface area contributed by atoms with Crippen molar-refractivity contribution >= 4 is 17.8 Å². The van der Waals surface area contributed by atoms with Crippen LogP contribution >= 0.6 is 11.8 Å². The Morgan fingerprint density at radius 2 is 2.25 bits per heavy atom. The summed E-state index contributed by atoms with van der Waals surface area (Å²) in [5.74, 6) is 1.18. The second kappa shape index (κ2) is 6.35. The minimum absolute atomic E-state index is 0.00639. The zero-order chi connectivity index (χ0) is 11.2. The molecule has 92 valence electrons. The number of hydrogen-bond acceptors (Lipinski definition) is 3. The van der Waals surface area contributed by atoms with E-state index in [0.29, 0.717) is 11.4 Å². The van der Waals surface area contributed by atoms with Crippen molar-refractivity contribution in [1.82, 2.24) is 16.0 Å². The Hall–Kier alpha value is -0.420. The Morgan fingerprint density at radius 1 is 1.31 bits per heavy atom. The molecule has 2 saturated heterocycles. The molecule has 0 aromatic rings. The van der Waals surface area contributed by atoms with Crippen LogP contribution in [0.2, 0.25) is 0 Å². The summed E-state index contributed by atoms with van der Waals surface area (Å²) in [6.45, 7) is 1.84. The summed E-state index contributed by atoms with van der Waals surface area (Å²) in [7, 11) is 0. The zero-order valence-electron chi connectivity index (χ0n) is 9.63. The van der Waals surface area contributed by atoms with Crippen LogP contribution in [0.3, 0.4) is 0 Å². The van der Waals surface area contributed by atoms with Crippen molar-refractivity contribution < 1.29 is 4.79 Å². The van der Waals surface area contributed by atoms with Crippen molar-refractivity contribution in [3.05, 3.63) is 0 Å². The standard InChI is InChI=1S/C11H21N3OS/c15-11(13-8-9-4-3-6-12-9)14-10-5-1-2-7-16-10/h9-10,12H,1-8H2,(H2,13,14,15). The van der Waals surface area contributed by atoms with Gasteiger partial charge in [-0.1, -0.05) is 0 Å². The quantitative estimate of drug-likeness (QED) is 0.700. The lowest BCUT2D eigenvalue weighted by molar-refractivity contribution is 0.238. The smallest absolute Gasteiger partial charge is 0.315 e. The molecular formula is C11H21N3OS. The monoisotopic (exact) mass is 243 g/mol. The van der Waals surface area contributed by atoms with E-state index in [-0.39, 0.29) is 6.03 Å². The van der Waals surface area contributed by atoms with Gasteiger partial charge in [-0.05, 0) is 44.4 Å². The highest BCUT2D eigenvalue weighted by molar-refractivity contribution is 7.99. The number of hydrogen-bond donors (Lipinski definition) is 3. The number of amides is 2. The molecule has 0 bridgehead atoms. The lowest BCUT2D eigenvalue weighted by Crippen LogP contribution is -2.45. The van der Waals surface area contributed by atoms with Gasteiger partial charge in [0.05, 0.1) is 5.37 Å². The summed E-state index contributed by atoms with van der Waals surface area (Å²) < 4.78 is 0. The normalized spacial score (nSPS) is 30.0. The van der Waals surface area contributed by atoms with Crippen LogP contribution < -0.4 is 16.0 Å². The lowest BCUT2D eigenvalue weighted by Gasteiger charge is -2.23. The molecule has 0 saturated carbocycles. The predicted octanol–water partition coefficient (Wildman–Crippen LogP) is 1.28. The van der Waals surface area contributed by atoms with E-state index in [2.05, 4.69) is 16.0 Å². The fourth-order valence-corrected chi connectivity index (χ4v) is 3.38. The maximum atomic E-state index is 11.6. The highest BCUT2D eigenvalue weighted by atomic mass is 32.2. The molecule has 0 aromatic carbocycles. The summed E-state index contributed by atoms with van der Waals surface area (Å²) in [4.78, 5) is 11.6. The van der Waals surface area contributed by atoms with Crippen LogP contribution in [0.25, 0.3) is 0 Å². The van der Waals surface area contributed by atoms with Crippen molar-refractivity contribution in [2.45, 2.75) is 43.5 Å². The van der Waals surface area contributed by atoms with Gasteiger partial charge < -0.3 is 16.0 Å². The van der Waals surface area contributed by atoms with Crippen molar-refractivity contribution in [3.8, 4) is 0 Å². The van der Waals surface area contributed by atoms with Crippen LogP contribution in [0.1, 0.15) is 32.1 Å². The number of rotatable bonds is 3. The first kappa shape index (κ1) is 12.0. The average molecular weight is 243 g/mol. The van der Waals surface area contributed by atoms with Gasteiger partial charge in [-0.15, -0.1) is 11.8 Å². The number of thioether (sulfide) groups is 1. The molecule has 16 heavy (non-hydrogen) atoms. The topological polar surface area (TPSA) is 53.2 Å². The molecule has 2 amide bonds. The molecule has 5 heteroatoms. The van der Waals surface area contributed by atoms with Crippen LogP contribution in [0.15, 0.2) is 0 Å². The minimum atomic E-state index is -0.00639. The molecule has 2 aliphatic heterocycles. The fourth-order valence-electron chi connectivity index (χ4n) is 2.20. The first-order chi connectivity index (χ1) is 7.84. The van der Waals surface area contributed by atoms with Crippen LogP contribution in [0.4, 0.5) is 4.79 Å². The van der Waals surface area contributed by atoms with Crippen molar-refractivity contribution in [2.24, 2.45) is 0 Å². The molecule has 0 spiro atoms. The number of carbonyl (C=O) groups is 1. The first-order valence-corrected chi connectivity index (χ1v) is 7.29. The molecule has 2 rings (SSSR count). The molecular weight excluding hydrogens is 222 g/mol. The van der Waals surface area contributed by atoms with E-state index in [4.69, 9.17) is 0 Å². The fraction of sp³-hybridized carbons (Fsp3) is 0.909. The Labute approximate surface area is 101 Å². The van der Waals surface area contributed by atoms with Crippen molar-refractivity contribution in [1.29, 1.82) is 0 Å². The SMILES string of the molecule is O=C(NCC1CCCN1)NC1CCCCS1. The van der Waals surface area contributed by atoms with Crippen LogP contribution in [-0.2, 0) is 0 Å². The van der Waals surface area contributed by atoms with Crippen molar-refractivity contribution in [2.75, 3.05) is 18.8 Å². The number of urea groups is 1. The molecule has 2 fully saturated rings. The molecule has 0 aliphatic carbocycles. The lowest BCUT2D eigenvalue weighted by atomic mass is 10.2. The Bertz CT molecular complexity index is 225. The van der Waals surface area contributed by atoms with Gasteiger partial charge >= 0.3 is 6.03 Å². The largest absolute Gasteiger partial charge is 0.337 e. The number of nitrogens with one attached hydrogen (secondary N) is 3. The third-order valence-corrected chi connectivity index (χ3v) is 4.42. The molecule has 2 aliphatic rings. The summed E-state index contributed by atoms with van der Waals surface area (Å²) in [6, 6.07) is 0.470. The van der Waals surface area contributed by atoms with Gasteiger partial charge in [-0.2, -0.15) is 0 Å².